The minimum Gasteiger partial charge on any atom is -0.465 e. The lowest BCUT2D eigenvalue weighted by molar-refractivity contribution is -0.151. The number of ether oxygens (including phenoxy) is 1. The maximum absolute atomic E-state index is 12.4. The summed E-state index contributed by atoms with van der Waals surface area (Å²) in [4.78, 5) is 11.8. The smallest absolute Gasteiger partial charge is 0.419 e. The predicted octanol–water partition coefficient (Wildman–Crippen LogP) is 1.44. The van der Waals surface area contributed by atoms with Crippen molar-refractivity contribution in [2.45, 2.75) is 32.1 Å². The fourth-order valence-corrected chi connectivity index (χ4v) is 1.46. The third-order valence-corrected chi connectivity index (χ3v) is 2.72. The van der Waals surface area contributed by atoms with Crippen molar-refractivity contribution >= 4 is 5.97 Å². The van der Waals surface area contributed by atoms with Gasteiger partial charge in [0.1, 0.15) is 5.54 Å². The molecule has 8 heteroatoms. The first-order valence-electron chi connectivity index (χ1n) is 5.68. The molecule has 0 aliphatic carbocycles. The Hall–Kier alpha value is -1.57. The number of nitrogens with one attached hydrogen (secondary N) is 1. The number of aromatic nitrogens is 2. The fraction of sp³-hybridized carbons (Fsp3) is 0.636. The highest BCUT2D eigenvalue weighted by atomic mass is 19.4. The van der Waals surface area contributed by atoms with E-state index in [1.165, 1.54) is 7.05 Å². The van der Waals surface area contributed by atoms with Gasteiger partial charge in [-0.15, -0.1) is 0 Å². The van der Waals surface area contributed by atoms with Crippen molar-refractivity contribution in [1.29, 1.82) is 0 Å². The van der Waals surface area contributed by atoms with Crippen molar-refractivity contribution in [2.75, 3.05) is 13.7 Å². The number of halogens is 3. The van der Waals surface area contributed by atoms with Crippen LogP contribution >= 0.6 is 0 Å². The Morgan fingerprint density at radius 3 is 2.58 bits per heavy atom. The van der Waals surface area contributed by atoms with E-state index in [0.717, 1.165) is 17.1 Å². The van der Waals surface area contributed by atoms with Crippen molar-refractivity contribution in [3.8, 4) is 0 Å². The molecule has 1 N–H and O–H groups in total. The largest absolute Gasteiger partial charge is 0.465 e. The van der Waals surface area contributed by atoms with Crippen LogP contribution in [0.2, 0.25) is 0 Å². The molecule has 1 aromatic heterocycles. The van der Waals surface area contributed by atoms with E-state index in [2.05, 4.69) is 10.4 Å². The molecule has 0 radical (unpaired) electrons. The third kappa shape index (κ3) is 3.69. The molecule has 0 amide bonds. The summed E-state index contributed by atoms with van der Waals surface area (Å²) in [6.45, 7) is 3.34. The molecule has 0 aromatic carbocycles. The average molecular weight is 279 g/mol. The van der Waals surface area contributed by atoms with E-state index in [0.29, 0.717) is 0 Å². The second-order valence-electron chi connectivity index (χ2n) is 4.23. The van der Waals surface area contributed by atoms with E-state index < -0.39 is 23.2 Å². The number of carbonyl (C=O) groups excluding carboxylic acids is 1. The molecular formula is C11H16F3N3O2. The lowest BCUT2D eigenvalue weighted by Gasteiger charge is -2.26. The van der Waals surface area contributed by atoms with Gasteiger partial charge in [0.25, 0.3) is 0 Å². The SMILES string of the molecule is CCOC(=O)C(C)(Cn1cc(C(F)(F)F)cn1)NC. The quantitative estimate of drug-likeness (QED) is 0.829. The summed E-state index contributed by atoms with van der Waals surface area (Å²) in [5.74, 6) is -0.540. The number of hydrogen-bond acceptors (Lipinski definition) is 4. The molecule has 0 aliphatic rings. The number of hydrogen-bond donors (Lipinski definition) is 1. The van der Waals surface area contributed by atoms with E-state index in [9.17, 15) is 18.0 Å². The van der Waals surface area contributed by atoms with Crippen LogP contribution in [0.15, 0.2) is 12.4 Å². The van der Waals surface area contributed by atoms with Crippen LogP contribution < -0.4 is 5.32 Å². The first-order chi connectivity index (χ1) is 8.73. The number of alkyl halides is 3. The predicted molar refractivity (Wildman–Crippen MR) is 61.3 cm³/mol. The van der Waals surface area contributed by atoms with Gasteiger partial charge in [0.2, 0.25) is 0 Å². The van der Waals surface area contributed by atoms with Crippen LogP contribution in [-0.2, 0) is 22.3 Å². The molecule has 0 saturated heterocycles. The number of nitrogens with zero attached hydrogens (tertiary/aromatic N) is 2. The van der Waals surface area contributed by atoms with Crippen LogP contribution in [0.1, 0.15) is 19.4 Å². The molecule has 0 bridgehead atoms. The summed E-state index contributed by atoms with van der Waals surface area (Å²) < 4.78 is 43.2. The lowest BCUT2D eigenvalue weighted by atomic mass is 10.0. The van der Waals surface area contributed by atoms with Crippen molar-refractivity contribution in [3.05, 3.63) is 18.0 Å². The molecule has 0 fully saturated rings. The van der Waals surface area contributed by atoms with E-state index >= 15 is 0 Å². The first kappa shape index (κ1) is 15.5. The molecule has 19 heavy (non-hydrogen) atoms. The molecule has 1 rings (SSSR count). The molecule has 0 aliphatic heterocycles. The number of carbonyl (C=O) groups is 1. The van der Waals surface area contributed by atoms with E-state index in [-0.39, 0.29) is 13.2 Å². The van der Waals surface area contributed by atoms with Crippen LogP contribution in [0.4, 0.5) is 13.2 Å². The monoisotopic (exact) mass is 279 g/mol. The minimum atomic E-state index is -4.45. The molecule has 1 atom stereocenters. The molecule has 1 heterocycles. The van der Waals surface area contributed by atoms with Gasteiger partial charge in [-0.25, -0.2) is 4.79 Å². The van der Waals surface area contributed by atoms with Crippen LogP contribution in [0.3, 0.4) is 0 Å². The Morgan fingerprint density at radius 2 is 2.16 bits per heavy atom. The number of likely N-dealkylation sites (N-methyl/N-ethyl adjacent to an activating group) is 1. The number of rotatable bonds is 5. The third-order valence-electron chi connectivity index (χ3n) is 2.72. The zero-order valence-corrected chi connectivity index (χ0v) is 10.9. The van der Waals surface area contributed by atoms with Gasteiger partial charge >= 0.3 is 12.1 Å². The van der Waals surface area contributed by atoms with Gasteiger partial charge in [-0.3, -0.25) is 4.68 Å². The van der Waals surface area contributed by atoms with E-state index in [1.54, 1.807) is 13.8 Å². The van der Waals surface area contributed by atoms with Crippen LogP contribution in [0, 0.1) is 0 Å². The van der Waals surface area contributed by atoms with Crippen molar-refractivity contribution in [2.24, 2.45) is 0 Å². The summed E-state index contributed by atoms with van der Waals surface area (Å²) in [6, 6.07) is 0. The minimum absolute atomic E-state index is 0.0571. The molecule has 0 spiro atoms. The van der Waals surface area contributed by atoms with Crippen molar-refractivity contribution < 1.29 is 22.7 Å². The van der Waals surface area contributed by atoms with Crippen molar-refractivity contribution in [3.63, 3.8) is 0 Å². The first-order valence-corrected chi connectivity index (χ1v) is 5.68. The molecule has 0 saturated carbocycles. The Labute approximate surface area is 108 Å². The zero-order chi connectivity index (χ0) is 14.7. The molecule has 5 nitrogen and oxygen atoms in total. The summed E-state index contributed by atoms with van der Waals surface area (Å²) in [7, 11) is 1.53. The molecule has 1 unspecified atom stereocenters. The number of esters is 1. The van der Waals surface area contributed by atoms with Gasteiger partial charge in [-0.05, 0) is 20.9 Å². The van der Waals surface area contributed by atoms with Crippen LogP contribution in [-0.4, -0.2) is 34.9 Å². The normalized spacial score (nSPS) is 15.1. The fourth-order valence-electron chi connectivity index (χ4n) is 1.46. The highest BCUT2D eigenvalue weighted by Crippen LogP contribution is 2.28. The Morgan fingerprint density at radius 1 is 1.53 bits per heavy atom. The van der Waals surface area contributed by atoms with Crippen LogP contribution in [0.5, 0.6) is 0 Å². The maximum Gasteiger partial charge on any atom is 0.419 e. The topological polar surface area (TPSA) is 56.2 Å². The summed E-state index contributed by atoms with van der Waals surface area (Å²) >= 11 is 0. The lowest BCUT2D eigenvalue weighted by Crippen LogP contribution is -2.52. The highest BCUT2D eigenvalue weighted by Gasteiger charge is 2.36. The molecule has 1 aromatic rings. The van der Waals surface area contributed by atoms with E-state index in [4.69, 9.17) is 4.74 Å². The standard InChI is InChI=1S/C11H16F3N3O2/c1-4-19-9(18)10(2,15-3)7-17-6-8(5-16-17)11(12,13)14/h5-6,15H,4,7H2,1-3H3. The second-order valence-corrected chi connectivity index (χ2v) is 4.23. The van der Waals surface area contributed by atoms with E-state index in [1.807, 2.05) is 0 Å². The van der Waals surface area contributed by atoms with Crippen LogP contribution in [0.25, 0.3) is 0 Å². The van der Waals surface area contributed by atoms with Gasteiger partial charge in [0, 0.05) is 6.20 Å². The Balaban J connectivity index is 2.87. The average Bonchev–Trinajstić information content (AvgIpc) is 2.77. The Kier molecular flexibility index (Phi) is 4.56. The Bertz CT molecular complexity index is 445. The zero-order valence-electron chi connectivity index (χ0n) is 10.9. The van der Waals surface area contributed by atoms with Gasteiger partial charge in [-0.1, -0.05) is 0 Å². The van der Waals surface area contributed by atoms with Gasteiger partial charge in [0.05, 0.1) is 24.9 Å². The van der Waals surface area contributed by atoms with Gasteiger partial charge in [-0.2, -0.15) is 18.3 Å². The second kappa shape index (κ2) is 5.60. The molecular weight excluding hydrogens is 263 g/mol. The highest BCUT2D eigenvalue weighted by molar-refractivity contribution is 5.80. The summed E-state index contributed by atoms with van der Waals surface area (Å²) in [6.07, 6.45) is -2.87. The van der Waals surface area contributed by atoms with Crippen molar-refractivity contribution in [1.82, 2.24) is 15.1 Å². The summed E-state index contributed by atoms with van der Waals surface area (Å²) in [5.41, 5.74) is -1.99. The molecule has 108 valence electrons. The van der Waals surface area contributed by atoms with Gasteiger partial charge < -0.3 is 10.1 Å². The van der Waals surface area contributed by atoms with Gasteiger partial charge in [0.15, 0.2) is 0 Å². The summed E-state index contributed by atoms with van der Waals surface area (Å²) in [5, 5.41) is 6.35. The maximum atomic E-state index is 12.4.